The Morgan fingerprint density at radius 3 is 2.56 bits per heavy atom. The van der Waals surface area contributed by atoms with Gasteiger partial charge in [0, 0.05) is 11.6 Å². The third-order valence-electron chi connectivity index (χ3n) is 3.49. The van der Waals surface area contributed by atoms with Crippen LogP contribution < -0.4 is 20.3 Å². The first-order valence-electron chi connectivity index (χ1n) is 8.20. The zero-order chi connectivity index (χ0) is 19.6. The Balaban J connectivity index is 1.84. The predicted molar refractivity (Wildman–Crippen MR) is 104 cm³/mol. The quantitative estimate of drug-likeness (QED) is 0.490. The molecule has 0 aliphatic carbocycles. The maximum atomic E-state index is 12.3. The first-order chi connectivity index (χ1) is 13.0. The number of carbonyl (C=O) groups excluding carboxylic acids is 2. The van der Waals surface area contributed by atoms with Crippen LogP contribution in [0.15, 0.2) is 46.9 Å². The van der Waals surface area contributed by atoms with Gasteiger partial charge in [-0.15, -0.1) is 0 Å². The summed E-state index contributed by atoms with van der Waals surface area (Å²) in [5, 5.41) is 0. The van der Waals surface area contributed by atoms with E-state index in [4.69, 9.17) is 14.2 Å². The number of amides is 2. The summed E-state index contributed by atoms with van der Waals surface area (Å²) >= 11 is 3.40. The van der Waals surface area contributed by atoms with E-state index in [1.54, 1.807) is 37.4 Å². The molecule has 2 aromatic rings. The fourth-order valence-corrected chi connectivity index (χ4v) is 2.35. The number of ether oxygens (including phenoxy) is 3. The van der Waals surface area contributed by atoms with E-state index in [2.05, 4.69) is 26.8 Å². The van der Waals surface area contributed by atoms with E-state index < -0.39 is 11.8 Å². The van der Waals surface area contributed by atoms with Crippen molar-refractivity contribution in [3.63, 3.8) is 0 Å². The first-order valence-corrected chi connectivity index (χ1v) is 8.99. The number of nitrogens with one attached hydrogen (secondary N) is 2. The van der Waals surface area contributed by atoms with Gasteiger partial charge in [-0.3, -0.25) is 20.4 Å². The molecule has 0 spiro atoms. The van der Waals surface area contributed by atoms with Crippen LogP contribution in [0.1, 0.15) is 15.9 Å². The molecule has 0 atom stereocenters. The molecule has 2 amide bonds. The van der Waals surface area contributed by atoms with Crippen molar-refractivity contribution in [3.8, 4) is 11.5 Å². The van der Waals surface area contributed by atoms with Crippen molar-refractivity contribution in [2.45, 2.75) is 6.92 Å². The lowest BCUT2D eigenvalue weighted by molar-refractivity contribution is -0.123. The van der Waals surface area contributed by atoms with Crippen LogP contribution in [0.4, 0.5) is 0 Å². The number of rotatable bonds is 8. The standard InChI is InChI=1S/C19H21BrN2O5/c1-13-11-14(7-8-16(13)20)27-12-18(23)21-22-19(24)15-5-3-4-6-17(15)26-10-9-25-2/h3-8,11H,9-10,12H2,1-2H3,(H,21,23)(H,22,24). The number of hydrazine groups is 1. The summed E-state index contributed by atoms with van der Waals surface area (Å²) in [4.78, 5) is 24.2. The summed E-state index contributed by atoms with van der Waals surface area (Å²) in [5.41, 5.74) is 5.96. The SMILES string of the molecule is COCCOc1ccccc1C(=O)NNC(=O)COc1ccc(Br)c(C)c1. The van der Waals surface area contributed by atoms with Crippen molar-refractivity contribution in [2.75, 3.05) is 26.9 Å². The van der Waals surface area contributed by atoms with Gasteiger partial charge in [0.2, 0.25) is 0 Å². The molecule has 0 heterocycles. The van der Waals surface area contributed by atoms with Crippen molar-refractivity contribution < 1.29 is 23.8 Å². The van der Waals surface area contributed by atoms with Crippen LogP contribution in [0.5, 0.6) is 11.5 Å². The number of para-hydroxylation sites is 1. The molecule has 0 bridgehead atoms. The van der Waals surface area contributed by atoms with Gasteiger partial charge >= 0.3 is 0 Å². The molecule has 0 aliphatic heterocycles. The van der Waals surface area contributed by atoms with Crippen molar-refractivity contribution in [1.82, 2.24) is 10.9 Å². The number of halogens is 1. The van der Waals surface area contributed by atoms with Gasteiger partial charge in [-0.2, -0.15) is 0 Å². The minimum atomic E-state index is -0.490. The van der Waals surface area contributed by atoms with Gasteiger partial charge in [0.15, 0.2) is 6.61 Å². The zero-order valence-corrected chi connectivity index (χ0v) is 16.7. The highest BCUT2D eigenvalue weighted by molar-refractivity contribution is 9.10. The summed E-state index contributed by atoms with van der Waals surface area (Å²) in [6.45, 7) is 2.41. The van der Waals surface area contributed by atoms with Crippen LogP contribution in [0, 0.1) is 6.92 Å². The van der Waals surface area contributed by atoms with Gasteiger partial charge in [0.1, 0.15) is 18.1 Å². The highest BCUT2D eigenvalue weighted by Crippen LogP contribution is 2.21. The molecule has 2 N–H and O–H groups in total. The Labute approximate surface area is 166 Å². The largest absolute Gasteiger partial charge is 0.490 e. The Bertz CT molecular complexity index is 797. The number of carbonyl (C=O) groups is 2. The van der Waals surface area contributed by atoms with Crippen LogP contribution in [0.25, 0.3) is 0 Å². The van der Waals surface area contributed by atoms with E-state index in [1.165, 1.54) is 0 Å². The van der Waals surface area contributed by atoms with Gasteiger partial charge in [0.05, 0.1) is 12.2 Å². The van der Waals surface area contributed by atoms with Crippen molar-refractivity contribution >= 4 is 27.7 Å². The molecule has 0 aliphatic rings. The first kappa shape index (κ1) is 20.7. The van der Waals surface area contributed by atoms with E-state index in [1.807, 2.05) is 19.1 Å². The average Bonchev–Trinajstić information content (AvgIpc) is 2.67. The van der Waals surface area contributed by atoms with E-state index in [9.17, 15) is 9.59 Å². The molecular formula is C19H21BrN2O5. The molecule has 0 radical (unpaired) electrons. The van der Waals surface area contributed by atoms with Gasteiger partial charge in [-0.25, -0.2) is 0 Å². The minimum absolute atomic E-state index is 0.229. The molecule has 0 aromatic heterocycles. The number of methoxy groups -OCH3 is 1. The number of hydrogen-bond donors (Lipinski definition) is 2. The summed E-state index contributed by atoms with van der Waals surface area (Å²) in [6.07, 6.45) is 0. The van der Waals surface area contributed by atoms with Gasteiger partial charge in [-0.1, -0.05) is 28.1 Å². The van der Waals surface area contributed by atoms with E-state index >= 15 is 0 Å². The van der Waals surface area contributed by atoms with Crippen molar-refractivity contribution in [1.29, 1.82) is 0 Å². The van der Waals surface area contributed by atoms with Crippen molar-refractivity contribution in [3.05, 3.63) is 58.1 Å². The maximum absolute atomic E-state index is 12.3. The maximum Gasteiger partial charge on any atom is 0.276 e. The van der Waals surface area contributed by atoms with Crippen LogP contribution in [0.3, 0.4) is 0 Å². The highest BCUT2D eigenvalue weighted by Gasteiger charge is 2.13. The monoisotopic (exact) mass is 436 g/mol. The second kappa shape index (κ2) is 10.5. The molecule has 0 fully saturated rings. The summed E-state index contributed by atoms with van der Waals surface area (Å²) < 4.78 is 16.8. The van der Waals surface area contributed by atoms with E-state index in [0.717, 1.165) is 10.0 Å². The predicted octanol–water partition coefficient (Wildman–Crippen LogP) is 2.62. The highest BCUT2D eigenvalue weighted by atomic mass is 79.9. The molecule has 2 aromatic carbocycles. The molecule has 8 heteroatoms. The topological polar surface area (TPSA) is 85.9 Å². The fourth-order valence-electron chi connectivity index (χ4n) is 2.10. The van der Waals surface area contributed by atoms with Crippen LogP contribution in [0.2, 0.25) is 0 Å². The smallest absolute Gasteiger partial charge is 0.276 e. The van der Waals surface area contributed by atoms with Crippen LogP contribution in [-0.4, -0.2) is 38.7 Å². The van der Waals surface area contributed by atoms with Gasteiger partial charge < -0.3 is 14.2 Å². The Kier molecular flexibility index (Phi) is 8.09. The molecule has 0 saturated heterocycles. The number of benzene rings is 2. The Morgan fingerprint density at radius 1 is 1.04 bits per heavy atom. The minimum Gasteiger partial charge on any atom is -0.490 e. The number of hydrogen-bond acceptors (Lipinski definition) is 5. The van der Waals surface area contributed by atoms with E-state index in [0.29, 0.717) is 30.3 Å². The summed E-state index contributed by atoms with van der Waals surface area (Å²) in [5.74, 6) is -0.00508. The van der Waals surface area contributed by atoms with Gasteiger partial charge in [-0.05, 0) is 42.8 Å². The Morgan fingerprint density at radius 2 is 1.81 bits per heavy atom. The number of aryl methyl sites for hydroxylation is 1. The second-order valence-electron chi connectivity index (χ2n) is 5.54. The average molecular weight is 437 g/mol. The normalized spacial score (nSPS) is 10.2. The van der Waals surface area contributed by atoms with Crippen LogP contribution in [-0.2, 0) is 9.53 Å². The third-order valence-corrected chi connectivity index (χ3v) is 4.38. The molecule has 7 nitrogen and oxygen atoms in total. The lowest BCUT2D eigenvalue weighted by Crippen LogP contribution is -2.44. The zero-order valence-electron chi connectivity index (χ0n) is 15.1. The van der Waals surface area contributed by atoms with Crippen LogP contribution >= 0.6 is 15.9 Å². The second-order valence-corrected chi connectivity index (χ2v) is 6.39. The van der Waals surface area contributed by atoms with Crippen molar-refractivity contribution in [2.24, 2.45) is 0 Å². The molecule has 144 valence electrons. The molecule has 0 saturated carbocycles. The Hall–Kier alpha value is -2.58. The lowest BCUT2D eigenvalue weighted by Gasteiger charge is -2.12. The van der Waals surface area contributed by atoms with E-state index in [-0.39, 0.29) is 6.61 Å². The molecular weight excluding hydrogens is 416 g/mol. The van der Waals surface area contributed by atoms with Gasteiger partial charge in [0.25, 0.3) is 11.8 Å². The summed E-state index contributed by atoms with van der Waals surface area (Å²) in [7, 11) is 1.56. The fraction of sp³-hybridized carbons (Fsp3) is 0.263. The molecule has 2 rings (SSSR count). The molecule has 0 unspecified atom stereocenters. The third kappa shape index (κ3) is 6.58. The molecule has 27 heavy (non-hydrogen) atoms. The lowest BCUT2D eigenvalue weighted by atomic mass is 10.2. The summed E-state index contributed by atoms with van der Waals surface area (Å²) in [6, 6.07) is 12.1.